The number of hydrogen-bond donors (Lipinski definition) is 0. The molecule has 5 nitrogen and oxygen atoms in total. The summed E-state index contributed by atoms with van der Waals surface area (Å²) in [5, 5.41) is 0.617. The van der Waals surface area contributed by atoms with Gasteiger partial charge < -0.3 is 14.5 Å². The first-order valence-electron chi connectivity index (χ1n) is 11.1. The topological polar surface area (TPSA) is 49.9 Å². The summed E-state index contributed by atoms with van der Waals surface area (Å²) in [7, 11) is 0. The van der Waals surface area contributed by atoms with Crippen LogP contribution in [0.5, 0.6) is 5.75 Å². The van der Waals surface area contributed by atoms with Gasteiger partial charge in [0.25, 0.3) is 5.91 Å². The first kappa shape index (κ1) is 22.9. The molecule has 0 radical (unpaired) electrons. The lowest BCUT2D eigenvalue weighted by atomic mass is 9.89. The van der Waals surface area contributed by atoms with Gasteiger partial charge in [-0.2, -0.15) is 0 Å². The molecule has 0 fully saturated rings. The van der Waals surface area contributed by atoms with E-state index in [4.69, 9.17) is 16.3 Å². The number of carbonyl (C=O) groups excluding carboxylic acids is 2. The number of para-hydroxylation sites is 1. The highest BCUT2D eigenvalue weighted by Gasteiger charge is 2.38. The van der Waals surface area contributed by atoms with Gasteiger partial charge in [-0.05, 0) is 80.4 Å². The van der Waals surface area contributed by atoms with Gasteiger partial charge in [-0.25, -0.2) is 0 Å². The molecular weight excluding hydrogens is 436 g/mol. The van der Waals surface area contributed by atoms with Gasteiger partial charge in [-0.1, -0.05) is 29.8 Å². The smallest absolute Gasteiger partial charge is 0.258 e. The molecule has 170 valence electrons. The summed E-state index contributed by atoms with van der Waals surface area (Å²) in [6.45, 7) is 6.09. The molecule has 2 amide bonds. The highest BCUT2D eigenvalue weighted by atomic mass is 35.5. The van der Waals surface area contributed by atoms with Crippen LogP contribution in [-0.2, 0) is 4.79 Å². The fourth-order valence-corrected chi connectivity index (χ4v) is 4.64. The zero-order chi connectivity index (χ0) is 23.5. The molecule has 1 heterocycles. The second kappa shape index (κ2) is 9.67. The molecule has 0 saturated carbocycles. The monoisotopic (exact) mass is 462 g/mol. The van der Waals surface area contributed by atoms with Gasteiger partial charge in [0, 0.05) is 34.9 Å². The number of benzene rings is 3. The van der Waals surface area contributed by atoms with Crippen molar-refractivity contribution in [1.29, 1.82) is 0 Å². The van der Waals surface area contributed by atoms with Crippen molar-refractivity contribution in [1.82, 2.24) is 0 Å². The molecule has 4 rings (SSSR count). The van der Waals surface area contributed by atoms with Gasteiger partial charge in [0.2, 0.25) is 5.91 Å². The third-order valence-electron chi connectivity index (χ3n) is 5.95. The average Bonchev–Trinajstić information content (AvgIpc) is 2.81. The van der Waals surface area contributed by atoms with Crippen molar-refractivity contribution < 1.29 is 14.3 Å². The van der Waals surface area contributed by atoms with E-state index in [1.165, 1.54) is 0 Å². The Morgan fingerprint density at radius 2 is 1.70 bits per heavy atom. The molecular formula is C27H27ClN2O3. The van der Waals surface area contributed by atoms with Crippen molar-refractivity contribution in [2.75, 3.05) is 16.4 Å². The number of amides is 2. The van der Waals surface area contributed by atoms with Crippen LogP contribution in [0.3, 0.4) is 0 Å². The quantitative estimate of drug-likeness (QED) is 0.448. The average molecular weight is 463 g/mol. The van der Waals surface area contributed by atoms with Crippen LogP contribution in [0, 0.1) is 0 Å². The van der Waals surface area contributed by atoms with Crippen molar-refractivity contribution in [3.63, 3.8) is 0 Å². The van der Waals surface area contributed by atoms with Crippen LogP contribution in [-0.4, -0.2) is 24.5 Å². The molecule has 0 N–H and O–H groups in total. The Labute approximate surface area is 199 Å². The Morgan fingerprint density at radius 3 is 2.33 bits per heavy atom. The number of hydrogen-bond acceptors (Lipinski definition) is 3. The summed E-state index contributed by atoms with van der Waals surface area (Å²) >= 11 is 6.07. The Hall–Kier alpha value is -3.31. The summed E-state index contributed by atoms with van der Waals surface area (Å²) in [5.41, 5.74) is 3.14. The molecule has 1 aliphatic heterocycles. The third-order valence-corrected chi connectivity index (χ3v) is 6.20. The maximum Gasteiger partial charge on any atom is 0.258 e. The molecule has 2 atom stereocenters. The predicted octanol–water partition coefficient (Wildman–Crippen LogP) is 6.27. The van der Waals surface area contributed by atoms with Crippen LogP contribution in [0.25, 0.3) is 0 Å². The lowest BCUT2D eigenvalue weighted by Gasteiger charge is -2.43. The molecule has 0 saturated heterocycles. The van der Waals surface area contributed by atoms with Crippen molar-refractivity contribution >= 4 is 34.8 Å². The largest absolute Gasteiger partial charge is 0.494 e. The third kappa shape index (κ3) is 4.60. The predicted molar refractivity (Wildman–Crippen MR) is 132 cm³/mol. The first-order valence-corrected chi connectivity index (χ1v) is 11.5. The Morgan fingerprint density at radius 1 is 1.03 bits per heavy atom. The van der Waals surface area contributed by atoms with E-state index in [1.54, 1.807) is 36.1 Å². The Balaban J connectivity index is 1.72. The molecule has 0 aromatic heterocycles. The van der Waals surface area contributed by atoms with E-state index in [1.807, 2.05) is 67.3 Å². The number of anilines is 2. The summed E-state index contributed by atoms with van der Waals surface area (Å²) in [6, 6.07) is 22.0. The van der Waals surface area contributed by atoms with Crippen LogP contribution in [0.4, 0.5) is 11.4 Å². The van der Waals surface area contributed by atoms with Crippen molar-refractivity contribution in [3.8, 4) is 5.75 Å². The molecule has 1 aliphatic rings. The van der Waals surface area contributed by atoms with Gasteiger partial charge in [0.15, 0.2) is 0 Å². The van der Waals surface area contributed by atoms with E-state index in [-0.39, 0.29) is 23.9 Å². The van der Waals surface area contributed by atoms with E-state index in [0.717, 1.165) is 22.7 Å². The molecule has 6 heteroatoms. The normalized spacial score (nSPS) is 17.3. The minimum Gasteiger partial charge on any atom is -0.494 e. The molecule has 0 bridgehead atoms. The molecule has 3 aromatic carbocycles. The summed E-state index contributed by atoms with van der Waals surface area (Å²) in [6.07, 6.45) is 0.613. The summed E-state index contributed by atoms with van der Waals surface area (Å²) < 4.78 is 5.51. The molecule has 33 heavy (non-hydrogen) atoms. The van der Waals surface area contributed by atoms with E-state index in [9.17, 15) is 9.59 Å². The second-order valence-corrected chi connectivity index (χ2v) is 8.59. The number of rotatable bonds is 5. The number of carbonyl (C=O) groups is 2. The number of nitrogens with zero attached hydrogens (tertiary/aromatic N) is 2. The fourth-order valence-electron chi connectivity index (χ4n) is 4.52. The van der Waals surface area contributed by atoms with E-state index >= 15 is 0 Å². The maximum atomic E-state index is 13.5. The van der Waals surface area contributed by atoms with Gasteiger partial charge in [0.1, 0.15) is 5.75 Å². The standard InChI is InChI=1S/C27H27ClN2O3/c1-4-33-23-15-9-20(10-16-23)27(32)29-18(2)17-26(24-7-5-6-8-25(24)29)30(19(3)31)22-13-11-21(28)12-14-22/h5-16,18,26H,4,17H2,1-3H3. The van der Waals surface area contributed by atoms with E-state index in [0.29, 0.717) is 23.6 Å². The summed E-state index contributed by atoms with van der Waals surface area (Å²) in [5.74, 6) is 0.606. The molecule has 3 aromatic rings. The zero-order valence-corrected chi connectivity index (χ0v) is 19.8. The zero-order valence-electron chi connectivity index (χ0n) is 19.0. The lowest BCUT2D eigenvalue weighted by molar-refractivity contribution is -0.117. The number of fused-ring (bicyclic) bond motifs is 1. The SMILES string of the molecule is CCOc1ccc(C(=O)N2c3ccccc3C(N(C(C)=O)c3ccc(Cl)cc3)CC2C)cc1. The minimum atomic E-state index is -0.195. The maximum absolute atomic E-state index is 13.5. The summed E-state index contributed by atoms with van der Waals surface area (Å²) in [4.78, 5) is 29.9. The number of halogens is 1. The van der Waals surface area contributed by atoms with Crippen LogP contribution < -0.4 is 14.5 Å². The first-order chi connectivity index (χ1) is 15.9. The van der Waals surface area contributed by atoms with Crippen LogP contribution in [0.15, 0.2) is 72.8 Å². The molecule has 0 spiro atoms. The van der Waals surface area contributed by atoms with Crippen molar-refractivity contribution in [2.24, 2.45) is 0 Å². The van der Waals surface area contributed by atoms with E-state index < -0.39 is 0 Å². The highest BCUT2D eigenvalue weighted by molar-refractivity contribution is 6.30. The van der Waals surface area contributed by atoms with Gasteiger partial charge >= 0.3 is 0 Å². The van der Waals surface area contributed by atoms with Gasteiger partial charge in [0.05, 0.1) is 12.6 Å². The Bertz CT molecular complexity index is 1140. The van der Waals surface area contributed by atoms with Gasteiger partial charge in [-0.15, -0.1) is 0 Å². The second-order valence-electron chi connectivity index (χ2n) is 8.16. The molecule has 2 unspecified atom stereocenters. The minimum absolute atomic E-state index is 0.0596. The van der Waals surface area contributed by atoms with E-state index in [2.05, 4.69) is 0 Å². The fraction of sp³-hybridized carbons (Fsp3) is 0.259. The molecule has 0 aliphatic carbocycles. The van der Waals surface area contributed by atoms with Crippen molar-refractivity contribution in [2.45, 2.75) is 39.3 Å². The Kier molecular flexibility index (Phi) is 6.70. The highest BCUT2D eigenvalue weighted by Crippen LogP contribution is 2.42. The number of ether oxygens (including phenoxy) is 1. The van der Waals surface area contributed by atoms with Crippen LogP contribution in [0.2, 0.25) is 5.02 Å². The van der Waals surface area contributed by atoms with Crippen molar-refractivity contribution in [3.05, 3.63) is 88.9 Å². The van der Waals surface area contributed by atoms with Crippen LogP contribution in [0.1, 0.15) is 49.2 Å². The van der Waals surface area contributed by atoms with Gasteiger partial charge in [-0.3, -0.25) is 9.59 Å². The van der Waals surface area contributed by atoms with Crippen LogP contribution >= 0.6 is 11.6 Å². The lowest BCUT2D eigenvalue weighted by Crippen LogP contribution is -2.47.